The van der Waals surface area contributed by atoms with Crippen molar-refractivity contribution in [2.75, 3.05) is 0 Å². The first-order valence-corrected chi connectivity index (χ1v) is 6.89. The van der Waals surface area contributed by atoms with Gasteiger partial charge in [0.2, 0.25) is 11.7 Å². The number of nitrogens with zero attached hydrogens (tertiary/aromatic N) is 2. The van der Waals surface area contributed by atoms with Gasteiger partial charge in [0.1, 0.15) is 5.82 Å². The highest BCUT2D eigenvalue weighted by Crippen LogP contribution is 2.26. The number of rotatable bonds is 5. The highest BCUT2D eigenvalue weighted by atomic mass is 79.9. The molecular weight excluding hydrogens is 313 g/mol. The van der Waals surface area contributed by atoms with Crippen molar-refractivity contribution in [1.82, 2.24) is 10.1 Å². The number of hydrogen-bond acceptors (Lipinski definition) is 4. The molecule has 0 radical (unpaired) electrons. The smallest absolute Gasteiger partial charge is 0.226 e. The minimum absolute atomic E-state index is 0.166. The molecule has 0 fully saturated rings. The molecule has 2 rings (SSSR count). The van der Waals surface area contributed by atoms with Crippen LogP contribution in [0, 0.1) is 5.82 Å². The third kappa shape index (κ3) is 3.84. The maximum atomic E-state index is 13.2. The first kappa shape index (κ1) is 14.1. The molecule has 0 bridgehead atoms. The Labute approximate surface area is 119 Å². The van der Waals surface area contributed by atoms with Crippen LogP contribution in [0.3, 0.4) is 0 Å². The van der Waals surface area contributed by atoms with Gasteiger partial charge < -0.3 is 10.3 Å². The summed E-state index contributed by atoms with van der Waals surface area (Å²) in [6.45, 7) is 1.96. The van der Waals surface area contributed by atoms with Gasteiger partial charge in [-0.05, 0) is 38.0 Å². The first-order valence-electron chi connectivity index (χ1n) is 6.10. The molecule has 0 amide bonds. The van der Waals surface area contributed by atoms with Crippen molar-refractivity contribution >= 4 is 15.9 Å². The molecule has 1 heterocycles. The first-order chi connectivity index (χ1) is 9.06. The Hall–Kier alpha value is -1.27. The van der Waals surface area contributed by atoms with E-state index in [1.807, 2.05) is 6.92 Å². The molecule has 1 aromatic heterocycles. The molecule has 2 N–H and O–H groups in total. The van der Waals surface area contributed by atoms with E-state index in [4.69, 9.17) is 10.3 Å². The molecule has 1 unspecified atom stereocenters. The van der Waals surface area contributed by atoms with E-state index in [9.17, 15) is 4.39 Å². The highest BCUT2D eigenvalue weighted by Gasteiger charge is 2.12. The van der Waals surface area contributed by atoms with Gasteiger partial charge in [-0.25, -0.2) is 4.39 Å². The van der Waals surface area contributed by atoms with Gasteiger partial charge in [0.25, 0.3) is 0 Å². The Morgan fingerprint density at radius 2 is 2.26 bits per heavy atom. The molecule has 1 aromatic carbocycles. The zero-order valence-electron chi connectivity index (χ0n) is 10.6. The standard InChI is InChI=1S/C13H15BrFN3O/c1-8(16)3-2-4-12-17-13(18-19-12)10-7-9(15)5-6-11(10)14/h5-8H,2-4,16H2,1H3. The normalized spacial score (nSPS) is 12.6. The largest absolute Gasteiger partial charge is 0.339 e. The molecule has 0 saturated carbocycles. The Morgan fingerprint density at radius 3 is 3.00 bits per heavy atom. The van der Waals surface area contributed by atoms with Crippen LogP contribution >= 0.6 is 15.9 Å². The Bertz CT molecular complexity index is 557. The van der Waals surface area contributed by atoms with E-state index in [1.54, 1.807) is 6.07 Å². The van der Waals surface area contributed by atoms with E-state index in [-0.39, 0.29) is 11.9 Å². The zero-order chi connectivity index (χ0) is 13.8. The summed E-state index contributed by atoms with van der Waals surface area (Å²) in [4.78, 5) is 4.26. The van der Waals surface area contributed by atoms with E-state index in [0.29, 0.717) is 23.7 Å². The van der Waals surface area contributed by atoms with Crippen molar-refractivity contribution in [3.05, 3.63) is 34.4 Å². The van der Waals surface area contributed by atoms with Crippen LogP contribution in [0.15, 0.2) is 27.2 Å². The van der Waals surface area contributed by atoms with E-state index in [2.05, 4.69) is 26.1 Å². The van der Waals surface area contributed by atoms with E-state index < -0.39 is 0 Å². The van der Waals surface area contributed by atoms with Crippen LogP contribution in [-0.4, -0.2) is 16.2 Å². The van der Waals surface area contributed by atoms with Gasteiger partial charge in [-0.1, -0.05) is 21.1 Å². The van der Waals surface area contributed by atoms with Crippen LogP contribution in [0.1, 0.15) is 25.7 Å². The number of aryl methyl sites for hydroxylation is 1. The lowest BCUT2D eigenvalue weighted by Gasteiger charge is -2.01. The lowest BCUT2D eigenvalue weighted by atomic mass is 10.1. The quantitative estimate of drug-likeness (QED) is 0.914. The van der Waals surface area contributed by atoms with Crippen LogP contribution in [0.2, 0.25) is 0 Å². The second kappa shape index (κ2) is 6.25. The second-order valence-corrected chi connectivity index (χ2v) is 5.36. The van der Waals surface area contributed by atoms with Crippen molar-refractivity contribution in [1.29, 1.82) is 0 Å². The fourth-order valence-corrected chi connectivity index (χ4v) is 2.13. The molecule has 0 aliphatic heterocycles. The number of hydrogen-bond donors (Lipinski definition) is 1. The van der Waals surface area contributed by atoms with Gasteiger partial charge in [-0.15, -0.1) is 0 Å². The van der Waals surface area contributed by atoms with Gasteiger partial charge in [-0.2, -0.15) is 4.98 Å². The van der Waals surface area contributed by atoms with Crippen LogP contribution in [-0.2, 0) is 6.42 Å². The molecule has 0 aliphatic carbocycles. The molecule has 6 heteroatoms. The molecular formula is C13H15BrFN3O. The topological polar surface area (TPSA) is 64.9 Å². The van der Waals surface area contributed by atoms with Gasteiger partial charge in [0, 0.05) is 22.5 Å². The second-order valence-electron chi connectivity index (χ2n) is 4.51. The molecule has 0 spiro atoms. The maximum Gasteiger partial charge on any atom is 0.226 e. The average Bonchev–Trinajstić information content (AvgIpc) is 2.80. The van der Waals surface area contributed by atoms with E-state index in [0.717, 1.165) is 17.3 Å². The number of halogens is 2. The molecule has 0 saturated heterocycles. The monoisotopic (exact) mass is 327 g/mol. The predicted molar refractivity (Wildman–Crippen MR) is 74.0 cm³/mol. The summed E-state index contributed by atoms with van der Waals surface area (Å²) < 4.78 is 19.1. The predicted octanol–water partition coefficient (Wildman–Crippen LogP) is 3.31. The van der Waals surface area contributed by atoms with E-state index in [1.165, 1.54) is 12.1 Å². The summed E-state index contributed by atoms with van der Waals surface area (Å²) in [5.74, 6) is 0.607. The molecule has 0 aliphatic rings. The molecule has 4 nitrogen and oxygen atoms in total. The SMILES string of the molecule is CC(N)CCCc1nc(-c2cc(F)ccc2Br)no1. The van der Waals surface area contributed by atoms with Gasteiger partial charge in [0.05, 0.1) is 0 Å². The maximum absolute atomic E-state index is 13.2. The lowest BCUT2D eigenvalue weighted by Crippen LogP contribution is -2.14. The Balaban J connectivity index is 2.10. The Kier molecular flexibility index (Phi) is 4.66. The van der Waals surface area contributed by atoms with Crippen molar-refractivity contribution in [3.8, 4) is 11.4 Å². The minimum Gasteiger partial charge on any atom is -0.339 e. The van der Waals surface area contributed by atoms with Gasteiger partial charge >= 0.3 is 0 Å². The highest BCUT2D eigenvalue weighted by molar-refractivity contribution is 9.10. The third-order valence-corrected chi connectivity index (χ3v) is 3.38. The average molecular weight is 328 g/mol. The fraction of sp³-hybridized carbons (Fsp3) is 0.385. The van der Waals surface area contributed by atoms with Crippen molar-refractivity contribution in [3.63, 3.8) is 0 Å². The summed E-state index contributed by atoms with van der Waals surface area (Å²) in [5.41, 5.74) is 6.26. The summed E-state index contributed by atoms with van der Waals surface area (Å²) in [7, 11) is 0. The van der Waals surface area contributed by atoms with Crippen LogP contribution in [0.5, 0.6) is 0 Å². The van der Waals surface area contributed by atoms with Gasteiger partial charge in [-0.3, -0.25) is 0 Å². The minimum atomic E-state index is -0.332. The summed E-state index contributed by atoms with van der Waals surface area (Å²) in [6.07, 6.45) is 2.48. The number of nitrogens with two attached hydrogens (primary N) is 1. The number of benzene rings is 1. The van der Waals surface area contributed by atoms with Gasteiger partial charge in [0.15, 0.2) is 0 Å². The third-order valence-electron chi connectivity index (χ3n) is 2.69. The lowest BCUT2D eigenvalue weighted by molar-refractivity contribution is 0.373. The summed E-state index contributed by atoms with van der Waals surface area (Å²) in [5, 5.41) is 3.87. The van der Waals surface area contributed by atoms with Crippen LogP contribution < -0.4 is 5.73 Å². The summed E-state index contributed by atoms with van der Waals surface area (Å²) >= 11 is 3.34. The van der Waals surface area contributed by atoms with Crippen LogP contribution in [0.4, 0.5) is 4.39 Å². The van der Waals surface area contributed by atoms with Crippen molar-refractivity contribution in [2.24, 2.45) is 5.73 Å². The summed E-state index contributed by atoms with van der Waals surface area (Å²) in [6, 6.07) is 4.54. The molecule has 102 valence electrons. The zero-order valence-corrected chi connectivity index (χ0v) is 12.2. The molecule has 2 aromatic rings. The Morgan fingerprint density at radius 1 is 1.47 bits per heavy atom. The molecule has 1 atom stereocenters. The molecule has 19 heavy (non-hydrogen) atoms. The van der Waals surface area contributed by atoms with Crippen molar-refractivity contribution in [2.45, 2.75) is 32.2 Å². The number of aromatic nitrogens is 2. The van der Waals surface area contributed by atoms with E-state index >= 15 is 0 Å². The van der Waals surface area contributed by atoms with Crippen LogP contribution in [0.25, 0.3) is 11.4 Å². The van der Waals surface area contributed by atoms with Crippen molar-refractivity contribution < 1.29 is 8.91 Å². The fourth-order valence-electron chi connectivity index (χ4n) is 1.71.